The first-order valence-electron chi connectivity index (χ1n) is 8.53. The van der Waals surface area contributed by atoms with Crippen molar-refractivity contribution in [3.63, 3.8) is 0 Å². The second-order valence-electron chi connectivity index (χ2n) is 6.53. The number of benzene rings is 1. The zero-order chi connectivity index (χ0) is 17.7. The highest BCUT2D eigenvalue weighted by molar-refractivity contribution is 6.05. The van der Waals surface area contributed by atoms with E-state index in [1.54, 1.807) is 7.11 Å². The fraction of sp³-hybridized carbons (Fsp3) is 0.444. The summed E-state index contributed by atoms with van der Waals surface area (Å²) in [6.45, 7) is 2.11. The maximum atomic E-state index is 12.7. The molecule has 2 aliphatic heterocycles. The van der Waals surface area contributed by atoms with Crippen LogP contribution in [0, 0.1) is 0 Å². The van der Waals surface area contributed by atoms with E-state index < -0.39 is 12.1 Å². The molecular weight excluding hydrogens is 322 g/mol. The van der Waals surface area contributed by atoms with Crippen LogP contribution in [-0.4, -0.2) is 58.1 Å². The molecule has 2 N–H and O–H groups in total. The molecule has 7 heteroatoms. The molecule has 2 aromatic rings. The van der Waals surface area contributed by atoms with Gasteiger partial charge in [-0.05, 0) is 30.2 Å². The number of imide groups is 1. The second kappa shape index (κ2) is 5.77. The number of methoxy groups -OCH3 is 1. The topological polar surface area (TPSA) is 85.9 Å². The van der Waals surface area contributed by atoms with Crippen molar-refractivity contribution in [2.45, 2.75) is 31.8 Å². The Bertz CT molecular complexity index is 859. The summed E-state index contributed by atoms with van der Waals surface area (Å²) in [6.07, 6.45) is 1.16. The standard InChI is InChI=1S/C18H21N3O4/c1-3-6-20-17(23)14-8-12-11-7-10(25-2)4-5-13(11)19-16(12)15(9-22)21(14)18(20)24/h4-5,7,14-15,19,22H,3,6,8-9H2,1-2H3. The summed E-state index contributed by atoms with van der Waals surface area (Å²) in [5.74, 6) is 0.562. The number of amides is 3. The molecule has 3 heterocycles. The van der Waals surface area contributed by atoms with Gasteiger partial charge in [-0.2, -0.15) is 0 Å². The molecular formula is C18H21N3O4. The van der Waals surface area contributed by atoms with Gasteiger partial charge in [-0.3, -0.25) is 9.69 Å². The van der Waals surface area contributed by atoms with Gasteiger partial charge in [0.1, 0.15) is 11.8 Å². The van der Waals surface area contributed by atoms with Crippen LogP contribution in [0.3, 0.4) is 0 Å². The molecule has 1 aromatic carbocycles. The predicted octanol–water partition coefficient (Wildman–Crippen LogP) is 1.81. The molecule has 7 nitrogen and oxygen atoms in total. The molecule has 1 saturated heterocycles. The summed E-state index contributed by atoms with van der Waals surface area (Å²) in [5.41, 5.74) is 2.70. The van der Waals surface area contributed by atoms with Crippen molar-refractivity contribution in [3.8, 4) is 5.75 Å². The number of aromatic amines is 1. The molecule has 132 valence electrons. The minimum Gasteiger partial charge on any atom is -0.497 e. The van der Waals surface area contributed by atoms with Gasteiger partial charge in [0.05, 0.1) is 19.8 Å². The maximum absolute atomic E-state index is 12.7. The van der Waals surface area contributed by atoms with Crippen LogP contribution in [0.2, 0.25) is 0 Å². The maximum Gasteiger partial charge on any atom is 0.328 e. The third kappa shape index (κ3) is 2.15. The van der Waals surface area contributed by atoms with Crippen molar-refractivity contribution in [2.75, 3.05) is 20.3 Å². The molecule has 0 bridgehead atoms. The van der Waals surface area contributed by atoms with E-state index >= 15 is 0 Å². The number of aromatic nitrogens is 1. The molecule has 0 aliphatic carbocycles. The Morgan fingerprint density at radius 3 is 2.84 bits per heavy atom. The molecule has 2 aliphatic rings. The van der Waals surface area contributed by atoms with Crippen LogP contribution < -0.4 is 4.74 Å². The molecule has 0 spiro atoms. The molecule has 25 heavy (non-hydrogen) atoms. The van der Waals surface area contributed by atoms with Gasteiger partial charge in [-0.25, -0.2) is 4.79 Å². The lowest BCUT2D eigenvalue weighted by Gasteiger charge is -2.34. The summed E-state index contributed by atoms with van der Waals surface area (Å²) >= 11 is 0. The monoisotopic (exact) mass is 343 g/mol. The Morgan fingerprint density at radius 1 is 1.36 bits per heavy atom. The van der Waals surface area contributed by atoms with E-state index in [0.29, 0.717) is 19.4 Å². The number of urea groups is 1. The number of nitrogens with zero attached hydrogens (tertiary/aromatic N) is 2. The smallest absolute Gasteiger partial charge is 0.328 e. The summed E-state index contributed by atoms with van der Waals surface area (Å²) in [5, 5.41) is 10.9. The quantitative estimate of drug-likeness (QED) is 0.829. The number of ether oxygens (including phenoxy) is 1. The van der Waals surface area contributed by atoms with Gasteiger partial charge in [-0.15, -0.1) is 0 Å². The summed E-state index contributed by atoms with van der Waals surface area (Å²) < 4.78 is 5.31. The Morgan fingerprint density at radius 2 is 2.16 bits per heavy atom. The van der Waals surface area contributed by atoms with Crippen LogP contribution in [0.4, 0.5) is 4.79 Å². The van der Waals surface area contributed by atoms with Crippen molar-refractivity contribution in [1.29, 1.82) is 0 Å². The van der Waals surface area contributed by atoms with Crippen LogP contribution in [0.1, 0.15) is 30.6 Å². The summed E-state index contributed by atoms with van der Waals surface area (Å²) in [4.78, 5) is 31.6. The first-order valence-corrected chi connectivity index (χ1v) is 8.53. The Labute approximate surface area is 145 Å². The highest BCUT2D eigenvalue weighted by Gasteiger charge is 2.51. The Balaban J connectivity index is 1.84. The van der Waals surface area contributed by atoms with Gasteiger partial charge in [-0.1, -0.05) is 6.92 Å². The van der Waals surface area contributed by atoms with E-state index in [2.05, 4.69) is 4.98 Å². The van der Waals surface area contributed by atoms with E-state index in [-0.39, 0.29) is 18.5 Å². The van der Waals surface area contributed by atoms with Crippen LogP contribution in [-0.2, 0) is 11.2 Å². The highest BCUT2D eigenvalue weighted by Crippen LogP contribution is 2.41. The van der Waals surface area contributed by atoms with Crippen molar-refractivity contribution < 1.29 is 19.4 Å². The van der Waals surface area contributed by atoms with Gasteiger partial charge >= 0.3 is 6.03 Å². The van der Waals surface area contributed by atoms with Gasteiger partial charge in [0.25, 0.3) is 5.91 Å². The number of hydrogen-bond acceptors (Lipinski definition) is 4. The average Bonchev–Trinajstić information content (AvgIpc) is 3.10. The molecule has 0 saturated carbocycles. The van der Waals surface area contributed by atoms with Gasteiger partial charge < -0.3 is 19.7 Å². The number of carbonyl (C=O) groups excluding carboxylic acids is 2. The number of aliphatic hydroxyl groups excluding tert-OH is 1. The normalized spacial score (nSPS) is 22.5. The van der Waals surface area contributed by atoms with E-state index in [0.717, 1.165) is 27.9 Å². The SMILES string of the molecule is CCCN1C(=O)C2Cc3c([nH]c4ccc(OC)cc34)C(CO)N2C1=O. The first kappa shape index (κ1) is 16.0. The minimum absolute atomic E-state index is 0.173. The second-order valence-corrected chi connectivity index (χ2v) is 6.53. The van der Waals surface area contributed by atoms with Crippen LogP contribution in [0.15, 0.2) is 18.2 Å². The van der Waals surface area contributed by atoms with Crippen molar-refractivity contribution in [2.24, 2.45) is 0 Å². The zero-order valence-electron chi connectivity index (χ0n) is 14.3. The van der Waals surface area contributed by atoms with Crippen molar-refractivity contribution in [3.05, 3.63) is 29.5 Å². The largest absolute Gasteiger partial charge is 0.497 e. The minimum atomic E-state index is -0.547. The zero-order valence-corrected chi connectivity index (χ0v) is 14.3. The van der Waals surface area contributed by atoms with Crippen molar-refractivity contribution >= 4 is 22.8 Å². The Hall–Kier alpha value is -2.54. The van der Waals surface area contributed by atoms with Gasteiger partial charge in [0.2, 0.25) is 0 Å². The summed E-state index contributed by atoms with van der Waals surface area (Å²) in [6, 6.07) is 4.31. The number of aliphatic hydroxyl groups is 1. The van der Waals surface area contributed by atoms with Gasteiger partial charge in [0, 0.05) is 29.6 Å². The molecule has 0 radical (unpaired) electrons. The molecule has 2 unspecified atom stereocenters. The number of hydrogen-bond donors (Lipinski definition) is 2. The number of rotatable bonds is 4. The molecule has 1 aromatic heterocycles. The highest BCUT2D eigenvalue weighted by atomic mass is 16.5. The number of nitrogens with one attached hydrogen (secondary N) is 1. The van der Waals surface area contributed by atoms with Gasteiger partial charge in [0.15, 0.2) is 0 Å². The predicted molar refractivity (Wildman–Crippen MR) is 91.4 cm³/mol. The lowest BCUT2D eigenvalue weighted by molar-refractivity contribution is -0.128. The molecule has 3 amide bonds. The lowest BCUT2D eigenvalue weighted by atomic mass is 9.92. The number of carbonyl (C=O) groups is 2. The van der Waals surface area contributed by atoms with Crippen LogP contribution in [0.25, 0.3) is 10.9 Å². The third-order valence-corrected chi connectivity index (χ3v) is 5.17. The third-order valence-electron chi connectivity index (χ3n) is 5.17. The first-order chi connectivity index (χ1) is 12.1. The average molecular weight is 343 g/mol. The molecule has 2 atom stereocenters. The van der Waals surface area contributed by atoms with Crippen LogP contribution in [0.5, 0.6) is 5.75 Å². The number of H-pyrrole nitrogens is 1. The number of fused-ring (bicyclic) bond motifs is 4. The van der Waals surface area contributed by atoms with E-state index in [1.165, 1.54) is 9.80 Å². The van der Waals surface area contributed by atoms with E-state index in [1.807, 2.05) is 25.1 Å². The van der Waals surface area contributed by atoms with E-state index in [4.69, 9.17) is 4.74 Å². The molecule has 4 rings (SSSR count). The molecule has 1 fully saturated rings. The lowest BCUT2D eigenvalue weighted by Crippen LogP contribution is -2.45. The van der Waals surface area contributed by atoms with Crippen molar-refractivity contribution in [1.82, 2.24) is 14.8 Å². The van der Waals surface area contributed by atoms with E-state index in [9.17, 15) is 14.7 Å². The fourth-order valence-electron chi connectivity index (χ4n) is 4.02. The fourth-order valence-corrected chi connectivity index (χ4v) is 4.02. The van der Waals surface area contributed by atoms with Crippen LogP contribution >= 0.6 is 0 Å². The Kier molecular flexibility index (Phi) is 3.68. The summed E-state index contributed by atoms with van der Waals surface area (Å²) in [7, 11) is 1.61.